The monoisotopic (exact) mass is 374 g/mol. The summed E-state index contributed by atoms with van der Waals surface area (Å²) >= 11 is 5.74. The molecule has 24 heavy (non-hydrogen) atoms. The molecule has 0 saturated heterocycles. The summed E-state index contributed by atoms with van der Waals surface area (Å²) in [5.74, 6) is -2.08. The maximum atomic E-state index is 12.4. The van der Waals surface area contributed by atoms with Gasteiger partial charge >= 0.3 is 5.97 Å². The van der Waals surface area contributed by atoms with Crippen LogP contribution in [0.5, 0.6) is 0 Å². The minimum atomic E-state index is -3.82. The molecular formula is C15H19ClN2O5S. The van der Waals surface area contributed by atoms with E-state index in [9.17, 15) is 18.0 Å². The van der Waals surface area contributed by atoms with Crippen molar-refractivity contribution >= 4 is 33.5 Å². The van der Waals surface area contributed by atoms with Crippen LogP contribution in [0.2, 0.25) is 5.02 Å². The van der Waals surface area contributed by atoms with E-state index in [1.54, 1.807) is 0 Å². The molecule has 1 aromatic carbocycles. The van der Waals surface area contributed by atoms with Gasteiger partial charge in [0.15, 0.2) is 0 Å². The van der Waals surface area contributed by atoms with Crippen LogP contribution in [0.15, 0.2) is 29.2 Å². The van der Waals surface area contributed by atoms with Gasteiger partial charge in [0.2, 0.25) is 15.9 Å². The molecule has 0 aliphatic heterocycles. The number of hydrogen-bond acceptors (Lipinski definition) is 4. The first-order valence-corrected chi connectivity index (χ1v) is 9.27. The lowest BCUT2D eigenvalue weighted by atomic mass is 10.0. The molecule has 1 aliphatic carbocycles. The van der Waals surface area contributed by atoms with E-state index in [0.717, 1.165) is 10.7 Å². The zero-order chi connectivity index (χ0) is 17.9. The third-order valence-corrected chi connectivity index (χ3v) is 6.14. The summed E-state index contributed by atoms with van der Waals surface area (Å²) in [6.07, 6.45) is 1.82. The van der Waals surface area contributed by atoms with Gasteiger partial charge in [-0.05, 0) is 37.1 Å². The Hall–Kier alpha value is -1.64. The largest absolute Gasteiger partial charge is 0.481 e. The Morgan fingerprint density at radius 2 is 1.92 bits per heavy atom. The normalized spacial score (nSPS) is 21.0. The van der Waals surface area contributed by atoms with Crippen molar-refractivity contribution in [2.45, 2.75) is 30.2 Å². The van der Waals surface area contributed by atoms with Gasteiger partial charge in [0.1, 0.15) is 0 Å². The maximum absolute atomic E-state index is 12.4. The fraction of sp³-hybridized carbons (Fsp3) is 0.467. The van der Waals surface area contributed by atoms with Crippen molar-refractivity contribution in [2.75, 3.05) is 13.6 Å². The Kier molecular flexibility index (Phi) is 5.84. The second kappa shape index (κ2) is 7.50. The number of sulfonamides is 1. The molecule has 1 aliphatic rings. The predicted octanol–water partition coefficient (Wildman–Crippen LogP) is 1.33. The SMILES string of the molecule is CN(CC(=O)N[C@@H]1CCC[C@@H]1C(=O)O)S(=O)(=O)c1ccc(Cl)cc1. The summed E-state index contributed by atoms with van der Waals surface area (Å²) in [7, 11) is -2.52. The van der Waals surface area contributed by atoms with E-state index in [1.807, 2.05) is 0 Å². The minimum absolute atomic E-state index is 0.0338. The van der Waals surface area contributed by atoms with Crippen LogP contribution in [-0.2, 0) is 19.6 Å². The molecule has 0 radical (unpaired) electrons. The Morgan fingerprint density at radius 3 is 2.50 bits per heavy atom. The number of aliphatic carboxylic acids is 1. The number of carbonyl (C=O) groups is 2. The van der Waals surface area contributed by atoms with Crippen LogP contribution >= 0.6 is 11.6 Å². The molecule has 1 amide bonds. The van der Waals surface area contributed by atoms with Crippen LogP contribution in [0.25, 0.3) is 0 Å². The molecule has 0 unspecified atom stereocenters. The zero-order valence-corrected chi connectivity index (χ0v) is 14.7. The number of carboxylic acids is 1. The third kappa shape index (κ3) is 4.25. The lowest BCUT2D eigenvalue weighted by molar-refractivity contribution is -0.142. The van der Waals surface area contributed by atoms with E-state index in [1.165, 1.54) is 31.3 Å². The number of nitrogens with zero attached hydrogens (tertiary/aromatic N) is 1. The van der Waals surface area contributed by atoms with Crippen LogP contribution in [-0.4, -0.2) is 49.3 Å². The average molecular weight is 375 g/mol. The fourth-order valence-electron chi connectivity index (χ4n) is 2.75. The van der Waals surface area contributed by atoms with Crippen molar-refractivity contribution in [3.05, 3.63) is 29.3 Å². The molecule has 2 rings (SSSR count). The molecule has 2 N–H and O–H groups in total. The van der Waals surface area contributed by atoms with Gasteiger partial charge in [0.25, 0.3) is 0 Å². The number of nitrogens with one attached hydrogen (secondary N) is 1. The van der Waals surface area contributed by atoms with E-state index in [4.69, 9.17) is 16.7 Å². The molecule has 132 valence electrons. The number of likely N-dealkylation sites (N-methyl/N-ethyl adjacent to an activating group) is 1. The Bertz CT molecular complexity index is 720. The molecule has 1 fully saturated rings. The van der Waals surface area contributed by atoms with Gasteiger partial charge in [-0.2, -0.15) is 4.31 Å². The van der Waals surface area contributed by atoms with Gasteiger partial charge in [-0.3, -0.25) is 9.59 Å². The zero-order valence-electron chi connectivity index (χ0n) is 13.1. The molecule has 2 atom stereocenters. The van der Waals surface area contributed by atoms with Crippen molar-refractivity contribution in [2.24, 2.45) is 5.92 Å². The van der Waals surface area contributed by atoms with Crippen LogP contribution in [0, 0.1) is 5.92 Å². The minimum Gasteiger partial charge on any atom is -0.481 e. The first kappa shape index (κ1) is 18.7. The number of amides is 1. The summed E-state index contributed by atoms with van der Waals surface area (Å²) < 4.78 is 25.7. The van der Waals surface area contributed by atoms with E-state index >= 15 is 0 Å². The van der Waals surface area contributed by atoms with Crippen LogP contribution in [0.3, 0.4) is 0 Å². The van der Waals surface area contributed by atoms with Crippen molar-refractivity contribution in [3.63, 3.8) is 0 Å². The topological polar surface area (TPSA) is 104 Å². The summed E-state index contributed by atoms with van der Waals surface area (Å²) in [4.78, 5) is 23.2. The van der Waals surface area contributed by atoms with Crippen molar-refractivity contribution in [1.82, 2.24) is 9.62 Å². The highest BCUT2D eigenvalue weighted by Gasteiger charge is 2.34. The second-order valence-corrected chi connectivity index (χ2v) is 8.25. The molecule has 1 aromatic rings. The standard InChI is InChI=1S/C15H19ClN2O5S/c1-18(24(22,23)11-7-5-10(16)6-8-11)9-14(19)17-13-4-2-3-12(13)15(20)21/h5-8,12-13H,2-4,9H2,1H3,(H,17,19)(H,20,21)/t12-,13+/m0/s1. The van der Waals surface area contributed by atoms with Crippen LogP contribution in [0.1, 0.15) is 19.3 Å². The summed E-state index contributed by atoms with van der Waals surface area (Å²) in [6, 6.07) is 5.19. The van der Waals surface area contributed by atoms with Gasteiger partial charge in [-0.25, -0.2) is 8.42 Å². The number of halogens is 1. The molecule has 0 spiro atoms. The number of carboxylic acid groups (broad SMARTS) is 1. The maximum Gasteiger partial charge on any atom is 0.308 e. The van der Waals surface area contributed by atoms with Crippen LogP contribution < -0.4 is 5.32 Å². The molecule has 0 bridgehead atoms. The van der Waals surface area contributed by atoms with Crippen molar-refractivity contribution < 1.29 is 23.1 Å². The molecule has 0 aromatic heterocycles. The Morgan fingerprint density at radius 1 is 1.29 bits per heavy atom. The van der Waals surface area contributed by atoms with E-state index in [0.29, 0.717) is 17.9 Å². The van der Waals surface area contributed by atoms with Crippen molar-refractivity contribution in [1.29, 1.82) is 0 Å². The first-order valence-electron chi connectivity index (χ1n) is 7.46. The fourth-order valence-corrected chi connectivity index (χ4v) is 4.01. The molecule has 7 nitrogen and oxygen atoms in total. The van der Waals surface area contributed by atoms with Gasteiger partial charge in [-0.15, -0.1) is 0 Å². The third-order valence-electron chi connectivity index (χ3n) is 4.07. The number of carbonyl (C=O) groups excluding carboxylic acids is 1. The van der Waals surface area contributed by atoms with Gasteiger partial charge in [-0.1, -0.05) is 18.0 Å². The second-order valence-electron chi connectivity index (χ2n) is 5.76. The number of rotatable bonds is 6. The van der Waals surface area contributed by atoms with Gasteiger partial charge < -0.3 is 10.4 Å². The lowest BCUT2D eigenvalue weighted by Crippen LogP contribution is -2.45. The first-order chi connectivity index (χ1) is 11.2. The van der Waals surface area contributed by atoms with E-state index in [-0.39, 0.29) is 11.4 Å². The summed E-state index contributed by atoms with van der Waals surface area (Å²) in [5.41, 5.74) is 0. The molecule has 9 heteroatoms. The predicted molar refractivity (Wildman–Crippen MR) is 88.2 cm³/mol. The molecule has 0 heterocycles. The lowest BCUT2D eigenvalue weighted by Gasteiger charge is -2.21. The van der Waals surface area contributed by atoms with Crippen LogP contribution in [0.4, 0.5) is 0 Å². The van der Waals surface area contributed by atoms with E-state index in [2.05, 4.69) is 5.32 Å². The Balaban J connectivity index is 2.00. The smallest absolute Gasteiger partial charge is 0.308 e. The highest BCUT2D eigenvalue weighted by atomic mass is 35.5. The average Bonchev–Trinajstić information content (AvgIpc) is 2.95. The molecule has 1 saturated carbocycles. The molecular weight excluding hydrogens is 356 g/mol. The highest BCUT2D eigenvalue weighted by Crippen LogP contribution is 2.26. The summed E-state index contributed by atoms with van der Waals surface area (Å²) in [5, 5.41) is 12.1. The summed E-state index contributed by atoms with van der Waals surface area (Å²) in [6.45, 7) is -0.381. The highest BCUT2D eigenvalue weighted by molar-refractivity contribution is 7.89. The number of benzene rings is 1. The number of hydrogen-bond donors (Lipinski definition) is 2. The van der Waals surface area contributed by atoms with Gasteiger partial charge in [0, 0.05) is 18.1 Å². The van der Waals surface area contributed by atoms with E-state index < -0.39 is 33.9 Å². The van der Waals surface area contributed by atoms with Gasteiger partial charge in [0.05, 0.1) is 17.4 Å². The Labute approximate surface area is 145 Å². The van der Waals surface area contributed by atoms with Crippen molar-refractivity contribution in [3.8, 4) is 0 Å². The quantitative estimate of drug-likeness (QED) is 0.781.